The van der Waals surface area contributed by atoms with Crippen LogP contribution in [0, 0.1) is 0 Å². The molecule has 2 aromatic carbocycles. The second kappa shape index (κ2) is 13.8. The molecule has 2 atom stereocenters. The van der Waals surface area contributed by atoms with Crippen LogP contribution in [-0.2, 0) is 4.79 Å². The van der Waals surface area contributed by atoms with E-state index in [1.807, 2.05) is 55.5 Å². The maximum atomic E-state index is 14.8. The van der Waals surface area contributed by atoms with Gasteiger partial charge in [-0.2, -0.15) is 0 Å². The smallest absolute Gasteiger partial charge is 0.306 e. The van der Waals surface area contributed by atoms with Gasteiger partial charge < -0.3 is 9.84 Å². The van der Waals surface area contributed by atoms with Gasteiger partial charge in [0.25, 0.3) is 0 Å². The molecule has 4 heteroatoms. The Morgan fingerprint density at radius 3 is 2.29 bits per heavy atom. The van der Waals surface area contributed by atoms with Crippen molar-refractivity contribution in [1.82, 2.24) is 0 Å². The Hall–Kier alpha value is -2.36. The third-order valence-corrected chi connectivity index (χ3v) is 5.70. The van der Waals surface area contributed by atoms with Crippen molar-refractivity contribution in [3.05, 3.63) is 54.1 Å². The van der Waals surface area contributed by atoms with E-state index in [0.717, 1.165) is 41.9 Å². The van der Waals surface area contributed by atoms with Gasteiger partial charge in [-0.25, -0.2) is 4.39 Å². The van der Waals surface area contributed by atoms with Crippen molar-refractivity contribution in [3.63, 3.8) is 0 Å². The predicted molar refractivity (Wildman–Crippen MR) is 126 cm³/mol. The Morgan fingerprint density at radius 1 is 0.935 bits per heavy atom. The third kappa shape index (κ3) is 8.35. The first kappa shape index (κ1) is 24.9. The highest BCUT2D eigenvalue weighted by atomic mass is 19.1. The van der Waals surface area contributed by atoms with Gasteiger partial charge in [0.1, 0.15) is 11.9 Å². The van der Waals surface area contributed by atoms with E-state index in [0.29, 0.717) is 6.42 Å². The number of benzene rings is 2. The van der Waals surface area contributed by atoms with E-state index >= 15 is 0 Å². The third-order valence-electron chi connectivity index (χ3n) is 5.70. The van der Waals surface area contributed by atoms with Crippen LogP contribution in [0.2, 0.25) is 0 Å². The Morgan fingerprint density at radius 2 is 1.61 bits per heavy atom. The lowest BCUT2D eigenvalue weighted by atomic mass is 9.84. The van der Waals surface area contributed by atoms with Gasteiger partial charge >= 0.3 is 5.97 Å². The van der Waals surface area contributed by atoms with Crippen LogP contribution in [0.25, 0.3) is 11.1 Å². The van der Waals surface area contributed by atoms with E-state index in [1.165, 1.54) is 32.1 Å². The molecule has 170 valence electrons. The molecule has 2 rings (SSSR count). The maximum Gasteiger partial charge on any atom is 0.306 e. The van der Waals surface area contributed by atoms with Gasteiger partial charge in [-0.15, -0.1) is 0 Å². The van der Waals surface area contributed by atoms with Crippen LogP contribution in [-0.4, -0.2) is 23.9 Å². The largest absolute Gasteiger partial charge is 0.494 e. The second-order valence-electron chi connectivity index (χ2n) is 8.24. The fourth-order valence-corrected chi connectivity index (χ4v) is 4.04. The molecule has 0 aromatic heterocycles. The molecule has 0 aliphatic rings. The number of alkyl halides is 1. The summed E-state index contributed by atoms with van der Waals surface area (Å²) in [6.07, 6.45) is 6.94. The van der Waals surface area contributed by atoms with Gasteiger partial charge in [0, 0.05) is 5.92 Å². The highest BCUT2D eigenvalue weighted by Crippen LogP contribution is 2.36. The van der Waals surface area contributed by atoms with E-state index in [1.54, 1.807) is 0 Å². The highest BCUT2D eigenvalue weighted by molar-refractivity contribution is 5.70. The summed E-state index contributed by atoms with van der Waals surface area (Å²) in [5.74, 6) is -0.687. The van der Waals surface area contributed by atoms with Crippen molar-refractivity contribution < 1.29 is 19.0 Å². The zero-order chi connectivity index (χ0) is 22.5. The number of carboxylic acid groups (broad SMARTS) is 1. The van der Waals surface area contributed by atoms with Gasteiger partial charge in [-0.05, 0) is 41.7 Å². The SMILES string of the molecule is CCCCCCCCOc1ccc(-c2ccccc2C(CCC)C(F)CC(=O)O)cc1. The minimum atomic E-state index is -1.40. The summed E-state index contributed by atoms with van der Waals surface area (Å²) in [6.45, 7) is 4.94. The van der Waals surface area contributed by atoms with Crippen LogP contribution in [0.4, 0.5) is 4.39 Å². The van der Waals surface area contributed by atoms with Crippen molar-refractivity contribution >= 4 is 5.97 Å². The Balaban J connectivity index is 2.05. The number of hydrogen-bond donors (Lipinski definition) is 1. The zero-order valence-electron chi connectivity index (χ0n) is 19.0. The Kier molecular flexibility index (Phi) is 11.1. The van der Waals surface area contributed by atoms with E-state index in [9.17, 15) is 9.18 Å². The summed E-state index contributed by atoms with van der Waals surface area (Å²) in [4.78, 5) is 11.1. The fraction of sp³-hybridized carbons (Fsp3) is 0.519. The molecule has 0 aliphatic carbocycles. The minimum Gasteiger partial charge on any atom is -0.494 e. The first-order valence-electron chi connectivity index (χ1n) is 11.7. The highest BCUT2D eigenvalue weighted by Gasteiger charge is 2.26. The number of rotatable bonds is 15. The Labute approximate surface area is 186 Å². The first-order chi connectivity index (χ1) is 15.1. The molecule has 2 unspecified atom stereocenters. The van der Waals surface area contributed by atoms with E-state index in [4.69, 9.17) is 9.84 Å². The molecule has 0 saturated heterocycles. The maximum absolute atomic E-state index is 14.8. The van der Waals surface area contributed by atoms with Crippen LogP contribution >= 0.6 is 0 Å². The number of unbranched alkanes of at least 4 members (excludes halogenated alkanes) is 5. The summed E-state index contributed by atoms with van der Waals surface area (Å²) in [6, 6.07) is 15.7. The Bertz CT molecular complexity index is 772. The van der Waals surface area contributed by atoms with Crippen LogP contribution in [0.5, 0.6) is 5.75 Å². The van der Waals surface area contributed by atoms with Crippen LogP contribution in [0.15, 0.2) is 48.5 Å². The number of hydrogen-bond acceptors (Lipinski definition) is 2. The summed E-state index contributed by atoms with van der Waals surface area (Å²) in [5.41, 5.74) is 2.82. The van der Waals surface area contributed by atoms with Gasteiger partial charge in [0.15, 0.2) is 0 Å². The lowest BCUT2D eigenvalue weighted by Gasteiger charge is -2.23. The van der Waals surface area contributed by atoms with Gasteiger partial charge in [0.05, 0.1) is 13.0 Å². The molecule has 0 aliphatic heterocycles. The molecular formula is C27H37FO3. The molecule has 0 amide bonds. The molecule has 1 N–H and O–H groups in total. The number of carboxylic acids is 1. The van der Waals surface area contributed by atoms with Crippen molar-refractivity contribution in [2.45, 2.75) is 83.7 Å². The number of ether oxygens (including phenoxy) is 1. The molecule has 3 nitrogen and oxygen atoms in total. The van der Waals surface area contributed by atoms with E-state index in [2.05, 4.69) is 6.92 Å². The molecule has 0 radical (unpaired) electrons. The summed E-state index contributed by atoms with van der Waals surface area (Å²) in [7, 11) is 0. The summed E-state index contributed by atoms with van der Waals surface area (Å²) in [5, 5.41) is 9.05. The quantitative estimate of drug-likeness (QED) is 0.294. The van der Waals surface area contributed by atoms with Crippen molar-refractivity contribution in [3.8, 4) is 16.9 Å². The van der Waals surface area contributed by atoms with E-state index in [-0.39, 0.29) is 0 Å². The topological polar surface area (TPSA) is 46.5 Å². The van der Waals surface area contributed by atoms with Gasteiger partial charge in [0.2, 0.25) is 0 Å². The molecule has 31 heavy (non-hydrogen) atoms. The summed E-state index contributed by atoms with van der Waals surface area (Å²) < 4.78 is 20.7. The molecule has 0 fully saturated rings. The van der Waals surface area contributed by atoms with Crippen molar-refractivity contribution in [2.75, 3.05) is 6.61 Å². The van der Waals surface area contributed by atoms with Crippen LogP contribution < -0.4 is 4.74 Å². The normalized spacial score (nSPS) is 13.0. The van der Waals surface area contributed by atoms with Crippen molar-refractivity contribution in [2.24, 2.45) is 0 Å². The lowest BCUT2D eigenvalue weighted by molar-refractivity contribution is -0.138. The van der Waals surface area contributed by atoms with Gasteiger partial charge in [-0.1, -0.05) is 88.8 Å². The number of aliphatic carboxylic acids is 1. The minimum absolute atomic E-state index is 0.430. The lowest BCUT2D eigenvalue weighted by Crippen LogP contribution is -2.18. The average molecular weight is 429 g/mol. The van der Waals surface area contributed by atoms with Crippen LogP contribution in [0.1, 0.15) is 83.1 Å². The zero-order valence-corrected chi connectivity index (χ0v) is 19.0. The first-order valence-corrected chi connectivity index (χ1v) is 11.7. The molecular weight excluding hydrogens is 391 g/mol. The molecule has 0 bridgehead atoms. The van der Waals surface area contributed by atoms with Crippen molar-refractivity contribution in [1.29, 1.82) is 0 Å². The fourth-order valence-electron chi connectivity index (χ4n) is 4.04. The van der Waals surface area contributed by atoms with Gasteiger partial charge in [-0.3, -0.25) is 4.79 Å². The molecule has 0 heterocycles. The number of halogens is 1. The standard InChI is InChI=1S/C27H37FO3/c1-3-5-6-7-8-11-19-31-22-17-15-21(16-18-22)23-13-9-10-14-24(23)25(12-4-2)26(28)20-27(29)30/h9-10,13-18,25-26H,3-8,11-12,19-20H2,1-2H3,(H,29,30). The van der Waals surface area contributed by atoms with E-state index < -0.39 is 24.5 Å². The predicted octanol–water partition coefficient (Wildman–Crippen LogP) is 7.79. The molecule has 0 spiro atoms. The number of carbonyl (C=O) groups is 1. The molecule has 2 aromatic rings. The molecule has 0 saturated carbocycles. The monoisotopic (exact) mass is 428 g/mol. The summed E-state index contributed by atoms with van der Waals surface area (Å²) >= 11 is 0. The average Bonchev–Trinajstić information content (AvgIpc) is 2.77. The van der Waals surface area contributed by atoms with Crippen LogP contribution in [0.3, 0.4) is 0 Å². The second-order valence-corrected chi connectivity index (χ2v) is 8.24.